The number of rotatable bonds is 8. The van der Waals surface area contributed by atoms with Crippen molar-refractivity contribution in [2.45, 2.75) is 44.9 Å². The second-order valence-corrected chi connectivity index (χ2v) is 6.07. The van der Waals surface area contributed by atoms with Crippen LogP contribution < -0.4 is 4.74 Å². The number of allylic oxidation sites excluding steroid dienone is 1. The summed E-state index contributed by atoms with van der Waals surface area (Å²) < 4.78 is 16.2. The van der Waals surface area contributed by atoms with Gasteiger partial charge in [0.2, 0.25) is 0 Å². The van der Waals surface area contributed by atoms with Crippen molar-refractivity contribution in [3.8, 4) is 5.75 Å². The Morgan fingerprint density at radius 2 is 1.52 bits per heavy atom. The molecule has 0 N–H and O–H groups in total. The zero-order chi connectivity index (χ0) is 17.9. The molecule has 0 amide bonds. The third-order valence-corrected chi connectivity index (χ3v) is 3.95. The van der Waals surface area contributed by atoms with Gasteiger partial charge >= 0.3 is 11.9 Å². The predicted octanol–water partition coefficient (Wildman–Crippen LogP) is 4.31. The van der Waals surface area contributed by atoms with E-state index in [-0.39, 0.29) is 0 Å². The van der Waals surface area contributed by atoms with Gasteiger partial charge in [-0.05, 0) is 50.3 Å². The molecule has 0 atom stereocenters. The average molecular weight is 346 g/mol. The number of benzene rings is 1. The van der Waals surface area contributed by atoms with Crippen LogP contribution in [0.4, 0.5) is 0 Å². The van der Waals surface area contributed by atoms with E-state index < -0.39 is 11.9 Å². The lowest BCUT2D eigenvalue weighted by Crippen LogP contribution is -2.09. The minimum atomic E-state index is -0.439. The van der Waals surface area contributed by atoms with Gasteiger partial charge in [-0.2, -0.15) is 0 Å². The van der Waals surface area contributed by atoms with Crippen molar-refractivity contribution in [1.29, 1.82) is 0 Å². The van der Waals surface area contributed by atoms with Crippen LogP contribution in [0.25, 0.3) is 0 Å². The first kappa shape index (κ1) is 19.0. The lowest BCUT2D eigenvalue weighted by Gasteiger charge is -2.10. The number of hydrogen-bond acceptors (Lipinski definition) is 5. The summed E-state index contributed by atoms with van der Waals surface area (Å²) in [6, 6.07) is 4.74. The third-order valence-electron chi connectivity index (χ3n) is 3.95. The van der Waals surface area contributed by atoms with Gasteiger partial charge in [0.25, 0.3) is 0 Å². The molecule has 2 bridgehead atoms. The summed E-state index contributed by atoms with van der Waals surface area (Å²) in [5.74, 6) is -0.386. The van der Waals surface area contributed by atoms with Crippen molar-refractivity contribution >= 4 is 11.9 Å². The molecule has 1 aromatic carbocycles. The Morgan fingerprint density at radius 3 is 2.12 bits per heavy atom. The number of cyclic esters (lactones) is 2. The van der Waals surface area contributed by atoms with Crippen molar-refractivity contribution < 1.29 is 23.8 Å². The lowest BCUT2D eigenvalue weighted by atomic mass is 10.1. The Labute approximate surface area is 149 Å². The highest BCUT2D eigenvalue weighted by molar-refractivity contribution is 5.96. The third kappa shape index (κ3) is 6.61. The van der Waals surface area contributed by atoms with Gasteiger partial charge in [0.1, 0.15) is 5.75 Å². The fourth-order valence-electron chi connectivity index (χ4n) is 2.55. The Kier molecular flexibility index (Phi) is 8.02. The van der Waals surface area contributed by atoms with Crippen molar-refractivity contribution in [3.63, 3.8) is 0 Å². The summed E-state index contributed by atoms with van der Waals surface area (Å²) in [6.07, 6.45) is 8.58. The van der Waals surface area contributed by atoms with Gasteiger partial charge in [-0.3, -0.25) is 0 Å². The number of fused-ring (bicyclic) bond motifs is 2. The molecule has 0 radical (unpaired) electrons. The number of carbonyl (C=O) groups is 2. The Balaban J connectivity index is 1.97. The van der Waals surface area contributed by atoms with Gasteiger partial charge in [0, 0.05) is 0 Å². The summed E-state index contributed by atoms with van der Waals surface area (Å²) >= 11 is 0. The number of unbranched alkanes of at least 4 members (excludes halogenated alkanes) is 4. The Morgan fingerprint density at radius 1 is 0.920 bits per heavy atom. The van der Waals surface area contributed by atoms with Crippen molar-refractivity contribution in [3.05, 3.63) is 42.0 Å². The quantitative estimate of drug-likeness (QED) is 0.399. The maximum Gasteiger partial charge on any atom is 0.338 e. The standard InChI is InChI=1S/C20H26O5/c1-2-3-4-5-6-7-10-23-18-14-16-13-17(15-18)20(22)25-12-9-8-11-24-19(16)21/h2,13-15H,1,3-12H2. The van der Waals surface area contributed by atoms with E-state index in [1.165, 1.54) is 6.07 Å². The van der Waals surface area contributed by atoms with Crippen LogP contribution in [0.2, 0.25) is 0 Å². The van der Waals surface area contributed by atoms with Crippen LogP contribution in [0, 0.1) is 0 Å². The van der Waals surface area contributed by atoms with E-state index in [0.717, 1.165) is 32.1 Å². The van der Waals surface area contributed by atoms with Gasteiger partial charge < -0.3 is 14.2 Å². The first-order chi connectivity index (χ1) is 12.2. The van der Waals surface area contributed by atoms with Crippen molar-refractivity contribution in [2.75, 3.05) is 19.8 Å². The molecule has 0 unspecified atom stereocenters. The van der Waals surface area contributed by atoms with Gasteiger partial charge in [0.15, 0.2) is 0 Å². The van der Waals surface area contributed by atoms with E-state index in [1.54, 1.807) is 12.1 Å². The van der Waals surface area contributed by atoms with Crippen molar-refractivity contribution in [1.82, 2.24) is 0 Å². The topological polar surface area (TPSA) is 61.8 Å². The SMILES string of the molecule is C=CCCCCCCOc1cc2cc(c1)C(=O)OCCCCOC2=O. The van der Waals surface area contributed by atoms with Crippen LogP contribution >= 0.6 is 0 Å². The van der Waals surface area contributed by atoms with Gasteiger partial charge in [-0.15, -0.1) is 6.58 Å². The molecule has 1 aromatic rings. The molecule has 0 spiro atoms. The zero-order valence-corrected chi connectivity index (χ0v) is 14.6. The molecule has 1 aliphatic heterocycles. The van der Waals surface area contributed by atoms with Crippen molar-refractivity contribution in [2.24, 2.45) is 0 Å². The van der Waals surface area contributed by atoms with E-state index in [1.807, 2.05) is 6.08 Å². The average Bonchev–Trinajstić information content (AvgIpc) is 2.64. The Bertz CT molecular complexity index is 555. The van der Waals surface area contributed by atoms with Gasteiger partial charge in [-0.25, -0.2) is 9.59 Å². The van der Waals surface area contributed by atoms with Crippen LogP contribution in [0.1, 0.15) is 65.7 Å². The van der Waals surface area contributed by atoms with Crippen LogP contribution in [-0.4, -0.2) is 31.8 Å². The first-order valence-electron chi connectivity index (χ1n) is 8.94. The largest absolute Gasteiger partial charge is 0.494 e. The summed E-state index contributed by atoms with van der Waals surface area (Å²) in [6.45, 7) is 4.89. The van der Waals surface area contributed by atoms with E-state index in [9.17, 15) is 9.59 Å². The van der Waals surface area contributed by atoms with Crippen LogP contribution in [0.5, 0.6) is 5.75 Å². The zero-order valence-electron chi connectivity index (χ0n) is 14.6. The maximum absolute atomic E-state index is 12.1. The molecule has 5 heteroatoms. The molecule has 0 saturated carbocycles. The number of hydrogen-bond donors (Lipinski definition) is 0. The first-order valence-corrected chi connectivity index (χ1v) is 8.94. The second-order valence-electron chi connectivity index (χ2n) is 6.07. The molecule has 1 aliphatic rings. The molecular weight excluding hydrogens is 320 g/mol. The van der Waals surface area contributed by atoms with E-state index in [4.69, 9.17) is 14.2 Å². The smallest absolute Gasteiger partial charge is 0.338 e. The summed E-state index contributed by atoms with van der Waals surface area (Å²) in [7, 11) is 0. The fraction of sp³-hybridized carbons (Fsp3) is 0.500. The summed E-state index contributed by atoms with van der Waals surface area (Å²) in [4.78, 5) is 24.2. The Hall–Kier alpha value is -2.30. The molecule has 0 fully saturated rings. The molecule has 1 heterocycles. The molecule has 5 nitrogen and oxygen atoms in total. The highest BCUT2D eigenvalue weighted by atomic mass is 16.5. The summed E-state index contributed by atoms with van der Waals surface area (Å²) in [5, 5.41) is 0. The molecule has 136 valence electrons. The fourth-order valence-corrected chi connectivity index (χ4v) is 2.55. The van der Waals surface area contributed by atoms with E-state index >= 15 is 0 Å². The minimum Gasteiger partial charge on any atom is -0.494 e. The molecule has 0 saturated heterocycles. The highest BCUT2D eigenvalue weighted by Crippen LogP contribution is 2.20. The lowest BCUT2D eigenvalue weighted by molar-refractivity contribution is 0.0443. The number of ether oxygens (including phenoxy) is 3. The molecule has 25 heavy (non-hydrogen) atoms. The van der Waals surface area contributed by atoms with Crippen LogP contribution in [-0.2, 0) is 9.47 Å². The van der Waals surface area contributed by atoms with E-state index in [2.05, 4.69) is 6.58 Å². The van der Waals surface area contributed by atoms with Crippen LogP contribution in [0.3, 0.4) is 0 Å². The molecular formula is C20H26O5. The molecule has 2 rings (SSSR count). The normalized spacial score (nSPS) is 14.9. The minimum absolute atomic E-state index is 0.317. The molecule has 0 aromatic heterocycles. The van der Waals surface area contributed by atoms with Gasteiger partial charge in [-0.1, -0.05) is 18.9 Å². The highest BCUT2D eigenvalue weighted by Gasteiger charge is 2.17. The second kappa shape index (κ2) is 10.5. The summed E-state index contributed by atoms with van der Waals surface area (Å²) in [5.41, 5.74) is 0.634. The van der Waals surface area contributed by atoms with Crippen LogP contribution in [0.15, 0.2) is 30.9 Å². The number of esters is 2. The van der Waals surface area contributed by atoms with E-state index in [0.29, 0.717) is 49.5 Å². The van der Waals surface area contributed by atoms with Gasteiger partial charge in [0.05, 0.1) is 30.9 Å². The predicted molar refractivity (Wildman–Crippen MR) is 95.0 cm³/mol. The number of carbonyl (C=O) groups excluding carboxylic acids is 2. The maximum atomic E-state index is 12.1. The monoisotopic (exact) mass is 346 g/mol. The molecule has 0 aliphatic carbocycles.